The molecule has 8 nitrogen and oxygen atoms in total. The smallest absolute Gasteiger partial charge is 0.295 e. The number of likely N-dealkylation sites (tertiary alicyclic amines) is 1. The molecule has 2 N–H and O–H groups in total. The molecular weight excluding hydrogens is 438 g/mol. The van der Waals surface area contributed by atoms with Crippen molar-refractivity contribution in [2.75, 3.05) is 34.0 Å². The second-order valence-corrected chi connectivity index (χ2v) is 8.60. The van der Waals surface area contributed by atoms with Crippen LogP contribution in [0.1, 0.15) is 36.6 Å². The van der Waals surface area contributed by atoms with Gasteiger partial charge in [-0.05, 0) is 54.3 Å². The number of aliphatic hydroxyl groups is 1. The van der Waals surface area contributed by atoms with Gasteiger partial charge in [-0.1, -0.05) is 19.9 Å². The van der Waals surface area contributed by atoms with Crippen LogP contribution in [-0.2, 0) is 14.3 Å². The van der Waals surface area contributed by atoms with E-state index in [2.05, 4.69) is 13.8 Å². The summed E-state index contributed by atoms with van der Waals surface area (Å²) in [5, 5.41) is 21.5. The van der Waals surface area contributed by atoms with E-state index in [-0.39, 0.29) is 36.0 Å². The number of hydrogen-bond acceptors (Lipinski definition) is 7. The van der Waals surface area contributed by atoms with E-state index >= 15 is 0 Å². The van der Waals surface area contributed by atoms with Gasteiger partial charge in [-0.3, -0.25) is 9.59 Å². The second-order valence-electron chi connectivity index (χ2n) is 8.60. The molecule has 1 fully saturated rings. The molecule has 0 bridgehead atoms. The minimum absolute atomic E-state index is 0.0547. The first-order chi connectivity index (χ1) is 16.2. The summed E-state index contributed by atoms with van der Waals surface area (Å²) < 4.78 is 16.0. The summed E-state index contributed by atoms with van der Waals surface area (Å²) in [6.07, 6.45) is 0. The number of aryl methyl sites for hydroxylation is 1. The molecule has 0 aliphatic carbocycles. The maximum absolute atomic E-state index is 13.1. The number of nitrogens with zero attached hydrogens (tertiary/aromatic N) is 1. The lowest BCUT2D eigenvalue weighted by Crippen LogP contribution is -2.32. The quantitative estimate of drug-likeness (QED) is 0.327. The van der Waals surface area contributed by atoms with Crippen LogP contribution in [0.25, 0.3) is 5.76 Å². The van der Waals surface area contributed by atoms with Crippen molar-refractivity contribution < 1.29 is 34.0 Å². The number of benzene rings is 2. The topological polar surface area (TPSA) is 106 Å². The predicted octanol–water partition coefficient (Wildman–Crippen LogP) is 3.81. The van der Waals surface area contributed by atoms with E-state index in [1.807, 2.05) is 6.92 Å². The Hall–Kier alpha value is -3.52. The third-order valence-corrected chi connectivity index (χ3v) is 5.62. The number of methoxy groups -OCH3 is 2. The van der Waals surface area contributed by atoms with Crippen LogP contribution in [0.5, 0.6) is 17.2 Å². The van der Waals surface area contributed by atoms with E-state index in [1.165, 1.54) is 25.2 Å². The zero-order chi connectivity index (χ0) is 25.0. The van der Waals surface area contributed by atoms with Crippen LogP contribution < -0.4 is 9.47 Å². The van der Waals surface area contributed by atoms with Crippen molar-refractivity contribution in [1.82, 2.24) is 4.90 Å². The van der Waals surface area contributed by atoms with Crippen molar-refractivity contribution in [3.05, 3.63) is 58.7 Å². The number of amides is 1. The zero-order valence-electron chi connectivity index (χ0n) is 20.1. The second kappa shape index (κ2) is 10.6. The number of Topliss-reactive ketones (excluding diaryl/α,β-unsaturated/α-hetero) is 1. The third-order valence-electron chi connectivity index (χ3n) is 5.62. The maximum atomic E-state index is 13.1. The molecule has 8 heteroatoms. The Labute approximate surface area is 199 Å². The molecule has 1 heterocycles. The fraction of sp³-hybridized carbons (Fsp3) is 0.385. The summed E-state index contributed by atoms with van der Waals surface area (Å²) >= 11 is 0. The van der Waals surface area contributed by atoms with Crippen LogP contribution >= 0.6 is 0 Å². The van der Waals surface area contributed by atoms with E-state index in [0.717, 1.165) is 5.56 Å². The zero-order valence-corrected chi connectivity index (χ0v) is 20.1. The molecule has 1 atom stereocenters. The Kier molecular flexibility index (Phi) is 7.83. The number of aliphatic hydroxyl groups excluding tert-OH is 1. The van der Waals surface area contributed by atoms with Gasteiger partial charge in [0.15, 0.2) is 11.5 Å². The van der Waals surface area contributed by atoms with Gasteiger partial charge in [-0.2, -0.15) is 0 Å². The van der Waals surface area contributed by atoms with Gasteiger partial charge in [0.1, 0.15) is 11.5 Å². The number of phenols is 1. The third kappa shape index (κ3) is 5.02. The lowest BCUT2D eigenvalue weighted by molar-refractivity contribution is -0.140. The highest BCUT2D eigenvalue weighted by Crippen LogP contribution is 2.41. The molecule has 1 saturated heterocycles. The molecule has 0 saturated carbocycles. The molecule has 182 valence electrons. The Morgan fingerprint density at radius 1 is 1.09 bits per heavy atom. The monoisotopic (exact) mass is 469 g/mol. The first-order valence-corrected chi connectivity index (χ1v) is 11.1. The molecule has 1 aliphatic rings. The average molecular weight is 470 g/mol. The van der Waals surface area contributed by atoms with Crippen molar-refractivity contribution in [1.29, 1.82) is 0 Å². The summed E-state index contributed by atoms with van der Waals surface area (Å²) in [4.78, 5) is 27.3. The molecular formula is C26H31NO7. The van der Waals surface area contributed by atoms with E-state index in [0.29, 0.717) is 29.4 Å². The van der Waals surface area contributed by atoms with Gasteiger partial charge in [-0.25, -0.2) is 0 Å². The van der Waals surface area contributed by atoms with Crippen LogP contribution in [0.3, 0.4) is 0 Å². The number of rotatable bonds is 9. The van der Waals surface area contributed by atoms with E-state index in [4.69, 9.17) is 14.2 Å². The largest absolute Gasteiger partial charge is 0.507 e. The molecule has 0 spiro atoms. The van der Waals surface area contributed by atoms with E-state index in [1.54, 1.807) is 30.3 Å². The first kappa shape index (κ1) is 25.1. The maximum Gasteiger partial charge on any atom is 0.295 e. The summed E-state index contributed by atoms with van der Waals surface area (Å²) in [6.45, 7) is 6.84. The van der Waals surface area contributed by atoms with Crippen LogP contribution in [-0.4, -0.2) is 60.8 Å². The number of hydrogen-bond donors (Lipinski definition) is 2. The van der Waals surface area contributed by atoms with Crippen molar-refractivity contribution in [2.45, 2.75) is 26.8 Å². The van der Waals surface area contributed by atoms with Crippen molar-refractivity contribution in [3.63, 3.8) is 0 Å². The number of carbonyl (C=O) groups excluding carboxylic acids is 2. The molecule has 1 amide bonds. The highest BCUT2D eigenvalue weighted by Gasteiger charge is 2.46. The first-order valence-electron chi connectivity index (χ1n) is 11.1. The summed E-state index contributed by atoms with van der Waals surface area (Å²) in [5.41, 5.74) is 1.59. The number of phenolic OH excluding ortho intramolecular Hbond substituents is 1. The standard InChI is InChI=1S/C26H31NO7/c1-15(2)14-34-20-8-7-18(12-16(20)3)24(29)22-23(17-6-9-21(33-5)19(28)13-17)27(10-11-32-4)26(31)25(22)30/h6-9,12-13,15,23,28-29H,10-11,14H2,1-5H3/b24-22-. The van der Waals surface area contributed by atoms with Crippen molar-refractivity contribution in [3.8, 4) is 17.2 Å². The Balaban J connectivity index is 2.10. The van der Waals surface area contributed by atoms with E-state index in [9.17, 15) is 19.8 Å². The summed E-state index contributed by atoms with van der Waals surface area (Å²) in [7, 11) is 2.92. The van der Waals surface area contributed by atoms with Gasteiger partial charge in [0.05, 0.1) is 31.9 Å². The molecule has 0 aromatic heterocycles. The number of carbonyl (C=O) groups is 2. The molecule has 0 radical (unpaired) electrons. The summed E-state index contributed by atoms with van der Waals surface area (Å²) in [5.74, 6) is -0.680. The lowest BCUT2D eigenvalue weighted by Gasteiger charge is -2.25. The number of aromatic hydroxyl groups is 1. The van der Waals surface area contributed by atoms with Gasteiger partial charge in [0.2, 0.25) is 0 Å². The van der Waals surface area contributed by atoms with Gasteiger partial charge < -0.3 is 29.3 Å². The minimum atomic E-state index is -0.899. The van der Waals surface area contributed by atoms with Gasteiger partial charge in [0.25, 0.3) is 11.7 Å². The van der Waals surface area contributed by atoms with Crippen LogP contribution in [0.15, 0.2) is 42.0 Å². The van der Waals surface area contributed by atoms with Gasteiger partial charge >= 0.3 is 0 Å². The predicted molar refractivity (Wildman–Crippen MR) is 127 cm³/mol. The van der Waals surface area contributed by atoms with Crippen LogP contribution in [0.4, 0.5) is 0 Å². The van der Waals surface area contributed by atoms with Crippen molar-refractivity contribution in [2.24, 2.45) is 5.92 Å². The number of ether oxygens (including phenoxy) is 3. The molecule has 2 aromatic carbocycles. The van der Waals surface area contributed by atoms with Crippen LogP contribution in [0, 0.1) is 12.8 Å². The molecule has 3 rings (SSSR count). The fourth-order valence-electron chi connectivity index (χ4n) is 3.89. The van der Waals surface area contributed by atoms with Gasteiger partial charge in [0, 0.05) is 19.2 Å². The SMILES string of the molecule is COCCN1C(=O)C(=O)/C(=C(\O)c2ccc(OCC(C)C)c(C)c2)C1c1ccc(OC)c(O)c1. The fourth-order valence-corrected chi connectivity index (χ4v) is 3.89. The number of ketones is 1. The summed E-state index contributed by atoms with van der Waals surface area (Å²) in [6, 6.07) is 8.84. The highest BCUT2D eigenvalue weighted by molar-refractivity contribution is 6.46. The highest BCUT2D eigenvalue weighted by atomic mass is 16.5. The normalized spacial score (nSPS) is 17.5. The van der Waals surface area contributed by atoms with E-state index < -0.39 is 17.7 Å². The Morgan fingerprint density at radius 2 is 1.79 bits per heavy atom. The van der Waals surface area contributed by atoms with Crippen molar-refractivity contribution >= 4 is 17.4 Å². The van der Waals surface area contributed by atoms with Crippen LogP contribution in [0.2, 0.25) is 0 Å². The Bertz CT molecular complexity index is 1110. The molecule has 1 aliphatic heterocycles. The molecule has 1 unspecified atom stereocenters. The average Bonchev–Trinajstić information content (AvgIpc) is 3.06. The molecule has 2 aromatic rings. The Morgan fingerprint density at radius 3 is 2.38 bits per heavy atom. The minimum Gasteiger partial charge on any atom is -0.507 e. The lowest BCUT2D eigenvalue weighted by atomic mass is 9.94. The van der Waals surface area contributed by atoms with Gasteiger partial charge in [-0.15, -0.1) is 0 Å². The molecule has 34 heavy (non-hydrogen) atoms.